The molecule has 0 radical (unpaired) electrons. The largest absolute Gasteiger partial charge is 0.389 e. The Kier molecular flexibility index (Phi) is 5.66. The van der Waals surface area contributed by atoms with E-state index < -0.39 is 12.6 Å². The minimum absolute atomic E-state index is 0.0916. The highest BCUT2D eigenvalue weighted by atomic mass is 19.4. The Labute approximate surface area is 106 Å². The van der Waals surface area contributed by atoms with Gasteiger partial charge in [0.15, 0.2) is 0 Å². The Morgan fingerprint density at radius 2 is 1.89 bits per heavy atom. The van der Waals surface area contributed by atoms with Crippen molar-refractivity contribution in [3.05, 3.63) is 35.4 Å². The first kappa shape index (κ1) is 15.0. The SMILES string of the molecule is CCCNC(CCC(F)(F)F)c1ccccc1C. The summed E-state index contributed by atoms with van der Waals surface area (Å²) in [6, 6.07) is 7.39. The van der Waals surface area contributed by atoms with Crippen molar-refractivity contribution in [2.75, 3.05) is 6.54 Å². The molecule has 0 bridgehead atoms. The van der Waals surface area contributed by atoms with E-state index in [1.165, 1.54) is 0 Å². The van der Waals surface area contributed by atoms with Gasteiger partial charge in [-0.3, -0.25) is 0 Å². The van der Waals surface area contributed by atoms with Crippen molar-refractivity contribution < 1.29 is 13.2 Å². The lowest BCUT2D eigenvalue weighted by molar-refractivity contribution is -0.136. The summed E-state index contributed by atoms with van der Waals surface area (Å²) in [5, 5.41) is 3.20. The van der Waals surface area contributed by atoms with E-state index >= 15 is 0 Å². The predicted molar refractivity (Wildman–Crippen MR) is 67.5 cm³/mol. The monoisotopic (exact) mass is 259 g/mol. The number of alkyl halides is 3. The number of halogens is 3. The van der Waals surface area contributed by atoms with Crippen LogP contribution in [0.5, 0.6) is 0 Å². The molecule has 1 atom stereocenters. The van der Waals surface area contributed by atoms with Crippen LogP contribution in [0.4, 0.5) is 13.2 Å². The number of benzene rings is 1. The van der Waals surface area contributed by atoms with Gasteiger partial charge in [-0.05, 0) is 37.4 Å². The Morgan fingerprint density at radius 1 is 1.22 bits per heavy atom. The molecule has 0 aliphatic heterocycles. The van der Waals surface area contributed by atoms with Gasteiger partial charge in [0.25, 0.3) is 0 Å². The van der Waals surface area contributed by atoms with Gasteiger partial charge in [0.2, 0.25) is 0 Å². The summed E-state index contributed by atoms with van der Waals surface area (Å²) in [4.78, 5) is 0. The standard InChI is InChI=1S/C14H20F3N/c1-3-10-18-13(8-9-14(15,16)17)12-7-5-4-6-11(12)2/h4-7,13,18H,3,8-10H2,1-2H3. The molecule has 1 N–H and O–H groups in total. The molecule has 0 aromatic heterocycles. The van der Waals surface area contributed by atoms with E-state index in [2.05, 4.69) is 5.32 Å². The average Bonchev–Trinajstić information content (AvgIpc) is 2.29. The highest BCUT2D eigenvalue weighted by Gasteiger charge is 2.28. The van der Waals surface area contributed by atoms with E-state index in [0.29, 0.717) is 0 Å². The maximum atomic E-state index is 12.3. The van der Waals surface area contributed by atoms with Gasteiger partial charge in [-0.15, -0.1) is 0 Å². The molecule has 1 aromatic rings. The van der Waals surface area contributed by atoms with Crippen LogP contribution in [0, 0.1) is 6.92 Å². The zero-order chi connectivity index (χ0) is 13.6. The second kappa shape index (κ2) is 6.78. The van der Waals surface area contributed by atoms with Crippen LogP contribution in [0.2, 0.25) is 0 Å². The van der Waals surface area contributed by atoms with Gasteiger partial charge in [0.05, 0.1) is 0 Å². The van der Waals surface area contributed by atoms with Gasteiger partial charge in [-0.2, -0.15) is 13.2 Å². The Balaban J connectivity index is 2.75. The van der Waals surface area contributed by atoms with Crippen LogP contribution in [0.3, 0.4) is 0 Å². The summed E-state index contributed by atoms with van der Waals surface area (Å²) in [5.74, 6) is 0. The molecule has 0 amide bonds. The van der Waals surface area contributed by atoms with Crippen LogP contribution in [-0.4, -0.2) is 12.7 Å². The normalized spacial score (nSPS) is 13.6. The highest BCUT2D eigenvalue weighted by molar-refractivity contribution is 5.28. The van der Waals surface area contributed by atoms with Crippen molar-refractivity contribution in [3.63, 3.8) is 0 Å². The Bertz CT molecular complexity index is 360. The topological polar surface area (TPSA) is 12.0 Å². The minimum atomic E-state index is -4.09. The molecule has 102 valence electrons. The number of hydrogen-bond acceptors (Lipinski definition) is 1. The summed E-state index contributed by atoms with van der Waals surface area (Å²) in [7, 11) is 0. The molecule has 4 heteroatoms. The van der Waals surface area contributed by atoms with Crippen LogP contribution >= 0.6 is 0 Å². The smallest absolute Gasteiger partial charge is 0.310 e. The second-order valence-electron chi connectivity index (χ2n) is 4.52. The van der Waals surface area contributed by atoms with Gasteiger partial charge in [-0.1, -0.05) is 31.2 Å². The molecule has 0 aliphatic carbocycles. The molecule has 0 aliphatic rings. The van der Waals surface area contributed by atoms with Crippen molar-refractivity contribution in [3.8, 4) is 0 Å². The lowest BCUT2D eigenvalue weighted by Gasteiger charge is -2.21. The summed E-state index contributed by atoms with van der Waals surface area (Å²) in [6.45, 7) is 4.67. The van der Waals surface area contributed by atoms with Crippen molar-refractivity contribution in [2.45, 2.75) is 45.3 Å². The molecule has 0 saturated carbocycles. The fourth-order valence-corrected chi connectivity index (χ4v) is 1.97. The van der Waals surface area contributed by atoms with Crippen molar-refractivity contribution in [2.24, 2.45) is 0 Å². The van der Waals surface area contributed by atoms with E-state index in [-0.39, 0.29) is 12.5 Å². The second-order valence-corrected chi connectivity index (χ2v) is 4.52. The van der Waals surface area contributed by atoms with Crippen LogP contribution in [0.15, 0.2) is 24.3 Å². The first-order chi connectivity index (χ1) is 8.44. The first-order valence-corrected chi connectivity index (χ1v) is 6.29. The Hall–Kier alpha value is -1.03. The third-order valence-corrected chi connectivity index (χ3v) is 2.92. The van der Waals surface area contributed by atoms with Gasteiger partial charge in [0.1, 0.15) is 0 Å². The van der Waals surface area contributed by atoms with E-state index in [9.17, 15) is 13.2 Å². The predicted octanol–water partition coefficient (Wildman–Crippen LogP) is 4.38. The fourth-order valence-electron chi connectivity index (χ4n) is 1.97. The van der Waals surface area contributed by atoms with Gasteiger partial charge in [-0.25, -0.2) is 0 Å². The summed E-state index contributed by atoms with van der Waals surface area (Å²) >= 11 is 0. The van der Waals surface area contributed by atoms with E-state index in [0.717, 1.165) is 24.1 Å². The van der Waals surface area contributed by atoms with E-state index in [4.69, 9.17) is 0 Å². The number of nitrogens with one attached hydrogen (secondary N) is 1. The molecule has 18 heavy (non-hydrogen) atoms. The lowest BCUT2D eigenvalue weighted by atomic mass is 9.97. The number of rotatable bonds is 6. The summed E-state index contributed by atoms with van der Waals surface area (Å²) in [6.07, 6.45) is -3.83. The molecule has 1 nitrogen and oxygen atoms in total. The Morgan fingerprint density at radius 3 is 2.44 bits per heavy atom. The summed E-state index contributed by atoms with van der Waals surface area (Å²) in [5.41, 5.74) is 2.00. The zero-order valence-electron chi connectivity index (χ0n) is 10.8. The number of hydrogen-bond donors (Lipinski definition) is 1. The molecule has 0 heterocycles. The number of aryl methyl sites for hydroxylation is 1. The van der Waals surface area contributed by atoms with E-state index in [1.807, 2.05) is 38.1 Å². The van der Waals surface area contributed by atoms with Crippen molar-refractivity contribution >= 4 is 0 Å². The third-order valence-electron chi connectivity index (χ3n) is 2.92. The third kappa shape index (κ3) is 5.08. The lowest BCUT2D eigenvalue weighted by Crippen LogP contribution is -2.24. The molecular weight excluding hydrogens is 239 g/mol. The molecule has 0 spiro atoms. The van der Waals surface area contributed by atoms with Gasteiger partial charge >= 0.3 is 6.18 Å². The van der Waals surface area contributed by atoms with Crippen LogP contribution in [-0.2, 0) is 0 Å². The van der Waals surface area contributed by atoms with Crippen molar-refractivity contribution in [1.82, 2.24) is 5.32 Å². The molecule has 1 aromatic carbocycles. The average molecular weight is 259 g/mol. The van der Waals surface area contributed by atoms with Crippen LogP contribution in [0.25, 0.3) is 0 Å². The first-order valence-electron chi connectivity index (χ1n) is 6.29. The highest BCUT2D eigenvalue weighted by Crippen LogP contribution is 2.28. The van der Waals surface area contributed by atoms with Gasteiger partial charge in [0, 0.05) is 12.5 Å². The maximum absolute atomic E-state index is 12.3. The van der Waals surface area contributed by atoms with Crippen LogP contribution < -0.4 is 5.32 Å². The molecule has 1 rings (SSSR count). The zero-order valence-corrected chi connectivity index (χ0v) is 10.8. The maximum Gasteiger partial charge on any atom is 0.389 e. The summed E-state index contributed by atoms with van der Waals surface area (Å²) < 4.78 is 37.0. The van der Waals surface area contributed by atoms with E-state index in [1.54, 1.807) is 0 Å². The molecule has 1 unspecified atom stereocenters. The minimum Gasteiger partial charge on any atom is -0.310 e. The molecule has 0 fully saturated rings. The van der Waals surface area contributed by atoms with Crippen LogP contribution in [0.1, 0.15) is 43.4 Å². The van der Waals surface area contributed by atoms with Gasteiger partial charge < -0.3 is 5.32 Å². The van der Waals surface area contributed by atoms with Crippen molar-refractivity contribution in [1.29, 1.82) is 0 Å². The molecular formula is C14H20F3N. The fraction of sp³-hybridized carbons (Fsp3) is 0.571. The quantitative estimate of drug-likeness (QED) is 0.799. The molecule has 0 saturated heterocycles.